The SMILES string of the molecule is COC(=O)CN1CCC2(CCCCC2)C1. The van der Waals surface area contributed by atoms with Crippen LogP contribution in [0.15, 0.2) is 0 Å². The van der Waals surface area contributed by atoms with Gasteiger partial charge in [0.1, 0.15) is 0 Å². The van der Waals surface area contributed by atoms with Crippen LogP contribution in [0.2, 0.25) is 0 Å². The second-order valence-corrected chi connectivity index (χ2v) is 5.10. The summed E-state index contributed by atoms with van der Waals surface area (Å²) >= 11 is 0. The number of carbonyl (C=O) groups excluding carboxylic acids is 1. The van der Waals surface area contributed by atoms with Crippen LogP contribution in [0.5, 0.6) is 0 Å². The maximum atomic E-state index is 11.2. The molecule has 15 heavy (non-hydrogen) atoms. The van der Waals surface area contributed by atoms with Crippen molar-refractivity contribution in [2.24, 2.45) is 5.41 Å². The molecule has 0 amide bonds. The molecule has 0 radical (unpaired) electrons. The molecule has 86 valence electrons. The molecule has 3 heteroatoms. The van der Waals surface area contributed by atoms with Crippen LogP contribution < -0.4 is 0 Å². The van der Waals surface area contributed by atoms with E-state index in [0.29, 0.717) is 12.0 Å². The number of likely N-dealkylation sites (tertiary alicyclic amines) is 1. The van der Waals surface area contributed by atoms with Gasteiger partial charge < -0.3 is 4.74 Å². The molecular formula is C12H21NO2. The van der Waals surface area contributed by atoms with E-state index in [-0.39, 0.29) is 5.97 Å². The van der Waals surface area contributed by atoms with E-state index in [2.05, 4.69) is 4.90 Å². The molecule has 2 fully saturated rings. The number of nitrogens with zero attached hydrogens (tertiary/aromatic N) is 1. The summed E-state index contributed by atoms with van der Waals surface area (Å²) in [6, 6.07) is 0. The second-order valence-electron chi connectivity index (χ2n) is 5.10. The molecule has 0 aromatic rings. The summed E-state index contributed by atoms with van der Waals surface area (Å²) in [4.78, 5) is 13.4. The van der Waals surface area contributed by atoms with Crippen molar-refractivity contribution in [1.29, 1.82) is 0 Å². The van der Waals surface area contributed by atoms with Gasteiger partial charge in [-0.3, -0.25) is 9.69 Å². The summed E-state index contributed by atoms with van der Waals surface area (Å²) in [7, 11) is 1.47. The lowest BCUT2D eigenvalue weighted by Gasteiger charge is -2.33. The third kappa shape index (κ3) is 2.51. The Morgan fingerprint density at radius 3 is 2.67 bits per heavy atom. The van der Waals surface area contributed by atoms with Gasteiger partial charge in [-0.05, 0) is 31.2 Å². The first kappa shape index (κ1) is 10.9. The summed E-state index contributed by atoms with van der Waals surface area (Å²) in [5, 5.41) is 0. The monoisotopic (exact) mass is 211 g/mol. The number of hydrogen-bond acceptors (Lipinski definition) is 3. The van der Waals surface area contributed by atoms with Crippen molar-refractivity contribution in [3.63, 3.8) is 0 Å². The quantitative estimate of drug-likeness (QED) is 0.652. The Morgan fingerprint density at radius 2 is 2.00 bits per heavy atom. The lowest BCUT2D eigenvalue weighted by atomic mass is 9.73. The summed E-state index contributed by atoms with van der Waals surface area (Å²) < 4.78 is 4.71. The van der Waals surface area contributed by atoms with Gasteiger partial charge in [0.25, 0.3) is 0 Å². The first-order chi connectivity index (χ1) is 7.24. The average Bonchev–Trinajstić information content (AvgIpc) is 2.62. The Labute approximate surface area is 91.8 Å². The number of ether oxygens (including phenoxy) is 1. The first-order valence-electron chi connectivity index (χ1n) is 6.03. The van der Waals surface area contributed by atoms with Crippen LogP contribution in [0.1, 0.15) is 38.5 Å². The Bertz CT molecular complexity index is 234. The van der Waals surface area contributed by atoms with Gasteiger partial charge in [-0.2, -0.15) is 0 Å². The fourth-order valence-electron chi connectivity index (χ4n) is 3.12. The van der Waals surface area contributed by atoms with Gasteiger partial charge in [0.05, 0.1) is 13.7 Å². The summed E-state index contributed by atoms with van der Waals surface area (Å²) in [6.07, 6.45) is 8.18. The number of carbonyl (C=O) groups is 1. The van der Waals surface area contributed by atoms with Crippen molar-refractivity contribution in [2.45, 2.75) is 38.5 Å². The minimum Gasteiger partial charge on any atom is -0.468 e. The van der Waals surface area contributed by atoms with Gasteiger partial charge >= 0.3 is 5.97 Å². The number of esters is 1. The zero-order valence-electron chi connectivity index (χ0n) is 9.63. The molecular weight excluding hydrogens is 190 g/mol. The molecule has 2 rings (SSSR count). The summed E-state index contributed by atoms with van der Waals surface area (Å²) in [6.45, 7) is 2.68. The van der Waals surface area contributed by atoms with Crippen LogP contribution in [0.25, 0.3) is 0 Å². The lowest BCUT2D eigenvalue weighted by Crippen LogP contribution is -2.32. The molecule has 0 aromatic carbocycles. The third-order valence-electron chi connectivity index (χ3n) is 4.01. The van der Waals surface area contributed by atoms with E-state index in [0.717, 1.165) is 13.1 Å². The van der Waals surface area contributed by atoms with Gasteiger partial charge in [-0.1, -0.05) is 19.3 Å². The standard InChI is InChI=1S/C12H21NO2/c1-15-11(14)9-13-8-7-12(10-13)5-3-2-4-6-12/h2-10H2,1H3. The number of hydrogen-bond donors (Lipinski definition) is 0. The van der Waals surface area contributed by atoms with Crippen LogP contribution in [0.3, 0.4) is 0 Å². The molecule has 0 atom stereocenters. The van der Waals surface area contributed by atoms with E-state index in [1.54, 1.807) is 0 Å². The highest BCUT2D eigenvalue weighted by Gasteiger charge is 2.39. The molecule has 0 N–H and O–H groups in total. The molecule has 1 aliphatic carbocycles. The minimum absolute atomic E-state index is 0.0946. The van der Waals surface area contributed by atoms with E-state index < -0.39 is 0 Å². The van der Waals surface area contributed by atoms with Crippen molar-refractivity contribution in [3.05, 3.63) is 0 Å². The molecule has 1 aliphatic heterocycles. The highest BCUT2D eigenvalue weighted by Crippen LogP contribution is 2.43. The molecule has 1 saturated heterocycles. The van der Waals surface area contributed by atoms with Gasteiger partial charge in [-0.15, -0.1) is 0 Å². The smallest absolute Gasteiger partial charge is 0.319 e. The molecule has 3 nitrogen and oxygen atoms in total. The molecule has 1 heterocycles. The van der Waals surface area contributed by atoms with Crippen molar-refractivity contribution in [3.8, 4) is 0 Å². The Hall–Kier alpha value is -0.570. The van der Waals surface area contributed by atoms with Crippen LogP contribution >= 0.6 is 0 Å². The first-order valence-corrected chi connectivity index (χ1v) is 6.03. The van der Waals surface area contributed by atoms with Crippen molar-refractivity contribution in [1.82, 2.24) is 4.90 Å². The fourth-order valence-corrected chi connectivity index (χ4v) is 3.12. The Morgan fingerprint density at radius 1 is 1.27 bits per heavy atom. The van der Waals surface area contributed by atoms with Crippen LogP contribution in [-0.2, 0) is 9.53 Å². The van der Waals surface area contributed by atoms with Crippen LogP contribution in [0, 0.1) is 5.41 Å². The average molecular weight is 211 g/mol. The molecule has 0 bridgehead atoms. The summed E-state index contributed by atoms with van der Waals surface area (Å²) in [5.74, 6) is -0.0946. The van der Waals surface area contributed by atoms with E-state index in [1.165, 1.54) is 45.6 Å². The van der Waals surface area contributed by atoms with Crippen molar-refractivity contribution >= 4 is 5.97 Å². The van der Waals surface area contributed by atoms with Gasteiger partial charge in [0.15, 0.2) is 0 Å². The highest BCUT2D eigenvalue weighted by atomic mass is 16.5. The molecule has 0 unspecified atom stereocenters. The van der Waals surface area contributed by atoms with Crippen LogP contribution in [0.4, 0.5) is 0 Å². The van der Waals surface area contributed by atoms with Gasteiger partial charge in [0, 0.05) is 6.54 Å². The topological polar surface area (TPSA) is 29.5 Å². The fraction of sp³-hybridized carbons (Fsp3) is 0.917. The maximum Gasteiger partial charge on any atom is 0.319 e. The Kier molecular flexibility index (Phi) is 3.29. The lowest BCUT2D eigenvalue weighted by molar-refractivity contribution is -0.141. The molecule has 0 aromatic heterocycles. The van der Waals surface area contributed by atoms with Gasteiger partial charge in [-0.25, -0.2) is 0 Å². The normalized spacial score (nSPS) is 25.7. The zero-order chi connectivity index (χ0) is 10.7. The minimum atomic E-state index is -0.0946. The maximum absolute atomic E-state index is 11.2. The van der Waals surface area contributed by atoms with Gasteiger partial charge in [0.2, 0.25) is 0 Å². The molecule has 2 aliphatic rings. The second kappa shape index (κ2) is 4.52. The van der Waals surface area contributed by atoms with E-state index in [9.17, 15) is 4.79 Å². The predicted molar refractivity (Wildman–Crippen MR) is 58.6 cm³/mol. The van der Waals surface area contributed by atoms with E-state index in [1.807, 2.05) is 0 Å². The molecule has 1 saturated carbocycles. The van der Waals surface area contributed by atoms with E-state index >= 15 is 0 Å². The van der Waals surface area contributed by atoms with Crippen LogP contribution in [-0.4, -0.2) is 37.6 Å². The van der Waals surface area contributed by atoms with E-state index in [4.69, 9.17) is 4.74 Å². The number of methoxy groups -OCH3 is 1. The largest absolute Gasteiger partial charge is 0.468 e. The highest BCUT2D eigenvalue weighted by molar-refractivity contribution is 5.71. The van der Waals surface area contributed by atoms with Crippen molar-refractivity contribution in [2.75, 3.05) is 26.7 Å². The zero-order valence-corrected chi connectivity index (χ0v) is 9.63. The van der Waals surface area contributed by atoms with Crippen molar-refractivity contribution < 1.29 is 9.53 Å². The summed E-state index contributed by atoms with van der Waals surface area (Å²) in [5.41, 5.74) is 0.548. The predicted octanol–water partition coefficient (Wildman–Crippen LogP) is 1.82. The molecule has 1 spiro atoms. The number of rotatable bonds is 2. The Balaban J connectivity index is 1.85. The third-order valence-corrected chi connectivity index (χ3v) is 4.01.